The Bertz CT molecular complexity index is 118. The van der Waals surface area contributed by atoms with Crippen molar-refractivity contribution in [3.63, 3.8) is 0 Å². The number of rotatable bonds is 5. The lowest BCUT2D eigenvalue weighted by atomic mass is 10.4. The van der Waals surface area contributed by atoms with E-state index in [1.54, 1.807) is 0 Å². The van der Waals surface area contributed by atoms with Crippen LogP contribution in [-0.2, 0) is 0 Å². The van der Waals surface area contributed by atoms with E-state index in [0.29, 0.717) is 0 Å². The summed E-state index contributed by atoms with van der Waals surface area (Å²) in [5.41, 5.74) is 1.09. The van der Waals surface area contributed by atoms with Crippen LogP contribution in [-0.4, -0.2) is 32.1 Å². The van der Waals surface area contributed by atoms with Crippen molar-refractivity contribution in [3.05, 3.63) is 24.9 Å². The third-order valence-corrected chi connectivity index (χ3v) is 1.32. The molecule has 0 radical (unpaired) electrons. The first-order chi connectivity index (χ1) is 4.72. The molecule has 0 aromatic heterocycles. The van der Waals surface area contributed by atoms with Crippen molar-refractivity contribution in [1.82, 2.24) is 10.2 Å². The summed E-state index contributed by atoms with van der Waals surface area (Å²) in [7, 11) is 3.91. The molecular weight excluding hydrogens is 124 g/mol. The zero-order chi connectivity index (χ0) is 7.98. The van der Waals surface area contributed by atoms with Gasteiger partial charge in [-0.25, -0.2) is 0 Å². The van der Waals surface area contributed by atoms with Gasteiger partial charge in [0.05, 0.1) is 0 Å². The van der Waals surface area contributed by atoms with Gasteiger partial charge >= 0.3 is 0 Å². The predicted molar refractivity (Wildman–Crippen MR) is 45.9 cm³/mol. The van der Waals surface area contributed by atoms with Crippen molar-refractivity contribution in [3.8, 4) is 0 Å². The molecule has 0 heterocycles. The van der Waals surface area contributed by atoms with Crippen molar-refractivity contribution < 1.29 is 0 Å². The van der Waals surface area contributed by atoms with E-state index in [1.165, 1.54) is 0 Å². The molecule has 0 aliphatic carbocycles. The fourth-order valence-electron chi connectivity index (χ4n) is 0.662. The fourth-order valence-corrected chi connectivity index (χ4v) is 0.662. The van der Waals surface area contributed by atoms with E-state index in [2.05, 4.69) is 23.4 Å². The molecule has 0 rings (SSSR count). The number of hydrogen-bond acceptors (Lipinski definition) is 2. The van der Waals surface area contributed by atoms with E-state index in [-0.39, 0.29) is 0 Å². The van der Waals surface area contributed by atoms with Crippen LogP contribution in [0.1, 0.15) is 0 Å². The highest BCUT2D eigenvalue weighted by atomic mass is 15.1. The van der Waals surface area contributed by atoms with Crippen LogP contribution in [0.5, 0.6) is 0 Å². The minimum atomic E-state index is 0.838. The molecule has 58 valence electrons. The molecule has 0 spiro atoms. The molecule has 0 amide bonds. The summed E-state index contributed by atoms with van der Waals surface area (Å²) < 4.78 is 0. The average molecular weight is 140 g/mol. The van der Waals surface area contributed by atoms with Gasteiger partial charge in [0.1, 0.15) is 0 Å². The third kappa shape index (κ3) is 3.30. The van der Waals surface area contributed by atoms with Crippen molar-refractivity contribution in [1.29, 1.82) is 0 Å². The van der Waals surface area contributed by atoms with Crippen LogP contribution in [0.25, 0.3) is 0 Å². The molecule has 0 aromatic carbocycles. The molecule has 10 heavy (non-hydrogen) atoms. The lowest BCUT2D eigenvalue weighted by Gasteiger charge is -2.19. The van der Waals surface area contributed by atoms with Crippen LogP contribution < -0.4 is 5.32 Å². The van der Waals surface area contributed by atoms with Gasteiger partial charge in [0.2, 0.25) is 0 Å². The molecule has 0 bridgehead atoms. The number of likely N-dealkylation sites (N-methyl/N-ethyl adjacent to an activating group) is 2. The molecule has 0 fully saturated rings. The molecule has 0 unspecified atom stereocenters. The van der Waals surface area contributed by atoms with Gasteiger partial charge in [-0.3, -0.25) is 0 Å². The molecule has 2 nitrogen and oxygen atoms in total. The molecular formula is C8H16N2. The van der Waals surface area contributed by atoms with Gasteiger partial charge in [-0.1, -0.05) is 12.7 Å². The Kier molecular flexibility index (Phi) is 4.67. The van der Waals surface area contributed by atoms with Crippen LogP contribution >= 0.6 is 0 Å². The summed E-state index contributed by atoms with van der Waals surface area (Å²) in [5.74, 6) is 0. The highest BCUT2D eigenvalue weighted by Gasteiger charge is 1.95. The molecule has 0 saturated heterocycles. The second kappa shape index (κ2) is 5.06. The Balaban J connectivity index is 3.58. The van der Waals surface area contributed by atoms with E-state index in [0.717, 1.165) is 18.8 Å². The van der Waals surface area contributed by atoms with Gasteiger partial charge in [-0.05, 0) is 7.05 Å². The maximum atomic E-state index is 3.88. The van der Waals surface area contributed by atoms with Crippen LogP contribution in [0.2, 0.25) is 0 Å². The van der Waals surface area contributed by atoms with Gasteiger partial charge in [-0.2, -0.15) is 0 Å². The van der Waals surface area contributed by atoms with E-state index >= 15 is 0 Å². The third-order valence-electron chi connectivity index (χ3n) is 1.32. The van der Waals surface area contributed by atoms with E-state index in [4.69, 9.17) is 0 Å². The summed E-state index contributed by atoms with van der Waals surface area (Å²) >= 11 is 0. The molecule has 0 atom stereocenters. The fraction of sp³-hybridized carbons (Fsp3) is 0.500. The number of nitrogens with zero attached hydrogens (tertiary/aromatic N) is 1. The monoisotopic (exact) mass is 140 g/mol. The highest BCUT2D eigenvalue weighted by Crippen LogP contribution is 1.94. The molecule has 0 saturated carbocycles. The van der Waals surface area contributed by atoms with Gasteiger partial charge in [-0.15, -0.1) is 6.58 Å². The first kappa shape index (κ1) is 9.24. The standard InChI is InChI=1S/C8H16N2/c1-5-6-10(4)8(2)7-9-3/h5,9H,1-2,6-7H2,3-4H3. The van der Waals surface area contributed by atoms with Crippen LogP contribution in [0, 0.1) is 0 Å². The first-order valence-corrected chi connectivity index (χ1v) is 3.36. The average Bonchev–Trinajstić information content (AvgIpc) is 1.89. The van der Waals surface area contributed by atoms with Crippen LogP contribution in [0.15, 0.2) is 24.9 Å². The summed E-state index contributed by atoms with van der Waals surface area (Å²) in [6.45, 7) is 9.22. The van der Waals surface area contributed by atoms with Crippen molar-refractivity contribution >= 4 is 0 Å². The van der Waals surface area contributed by atoms with Gasteiger partial charge in [0.25, 0.3) is 0 Å². The van der Waals surface area contributed by atoms with E-state index in [1.807, 2.05) is 20.2 Å². The van der Waals surface area contributed by atoms with E-state index < -0.39 is 0 Å². The maximum absolute atomic E-state index is 3.88. The first-order valence-electron chi connectivity index (χ1n) is 3.36. The zero-order valence-corrected chi connectivity index (χ0v) is 6.85. The smallest absolute Gasteiger partial charge is 0.0350 e. The lowest BCUT2D eigenvalue weighted by molar-refractivity contribution is 0.450. The Hall–Kier alpha value is -0.760. The second-order valence-corrected chi connectivity index (χ2v) is 2.27. The van der Waals surface area contributed by atoms with Crippen LogP contribution in [0.4, 0.5) is 0 Å². The second-order valence-electron chi connectivity index (χ2n) is 2.27. The maximum Gasteiger partial charge on any atom is 0.0350 e. The SMILES string of the molecule is C=CCN(C)C(=C)CNC. The van der Waals surface area contributed by atoms with Gasteiger partial charge in [0, 0.05) is 25.8 Å². The topological polar surface area (TPSA) is 15.3 Å². The lowest BCUT2D eigenvalue weighted by Crippen LogP contribution is -2.24. The minimum absolute atomic E-state index is 0.838. The quantitative estimate of drug-likeness (QED) is 0.569. The normalized spacial score (nSPS) is 9.00. The Labute approximate surface area is 63.2 Å². The minimum Gasteiger partial charge on any atom is -0.374 e. The Morgan fingerprint density at radius 3 is 2.70 bits per heavy atom. The molecule has 0 aromatic rings. The molecule has 1 N–H and O–H groups in total. The predicted octanol–water partition coefficient (Wildman–Crippen LogP) is 0.837. The molecule has 0 aliphatic rings. The van der Waals surface area contributed by atoms with Crippen molar-refractivity contribution in [2.24, 2.45) is 0 Å². The summed E-state index contributed by atoms with van der Waals surface area (Å²) in [4.78, 5) is 2.06. The zero-order valence-electron chi connectivity index (χ0n) is 6.85. The number of hydrogen-bond donors (Lipinski definition) is 1. The highest BCUT2D eigenvalue weighted by molar-refractivity contribution is 4.96. The van der Waals surface area contributed by atoms with Gasteiger partial charge in [0.15, 0.2) is 0 Å². The molecule has 2 heteroatoms. The van der Waals surface area contributed by atoms with E-state index in [9.17, 15) is 0 Å². The Morgan fingerprint density at radius 2 is 2.30 bits per heavy atom. The van der Waals surface area contributed by atoms with Gasteiger partial charge < -0.3 is 10.2 Å². The largest absolute Gasteiger partial charge is 0.374 e. The number of nitrogens with one attached hydrogen (secondary N) is 1. The van der Waals surface area contributed by atoms with Crippen molar-refractivity contribution in [2.75, 3.05) is 27.2 Å². The summed E-state index contributed by atoms with van der Waals surface area (Å²) in [5, 5.41) is 3.03. The van der Waals surface area contributed by atoms with Crippen LogP contribution in [0.3, 0.4) is 0 Å². The van der Waals surface area contributed by atoms with Crippen molar-refractivity contribution in [2.45, 2.75) is 0 Å². The summed E-state index contributed by atoms with van der Waals surface area (Å²) in [6.07, 6.45) is 1.86. The summed E-state index contributed by atoms with van der Waals surface area (Å²) in [6, 6.07) is 0. The molecule has 0 aliphatic heterocycles. The Morgan fingerprint density at radius 1 is 1.70 bits per heavy atom.